The minimum Gasteiger partial charge on any atom is -0.342 e. The van der Waals surface area contributed by atoms with Crippen molar-refractivity contribution < 1.29 is 8.42 Å². The van der Waals surface area contributed by atoms with E-state index < -0.39 is 10.0 Å². The molecule has 2 aromatic carbocycles. The third-order valence-corrected chi connectivity index (χ3v) is 5.97. The van der Waals surface area contributed by atoms with Crippen LogP contribution in [-0.4, -0.2) is 36.3 Å². The molecule has 0 aliphatic carbocycles. The van der Waals surface area contributed by atoms with E-state index in [1.165, 1.54) is 16.4 Å². The topological polar surface area (TPSA) is 66.1 Å². The van der Waals surface area contributed by atoms with Crippen molar-refractivity contribution in [2.75, 3.05) is 13.6 Å². The molecular weight excluding hydrogens is 381 g/mol. The summed E-state index contributed by atoms with van der Waals surface area (Å²) in [5.41, 5.74) is 1.92. The molecule has 3 aromatic rings. The second-order valence-corrected chi connectivity index (χ2v) is 8.07. The highest BCUT2D eigenvalue weighted by molar-refractivity contribution is 7.89. The average Bonchev–Trinajstić information content (AvgIpc) is 2.97. The van der Waals surface area contributed by atoms with E-state index in [0.29, 0.717) is 24.4 Å². The Bertz CT molecular complexity index is 907. The molecule has 134 valence electrons. The van der Waals surface area contributed by atoms with Gasteiger partial charge in [-0.15, -0.1) is 12.4 Å². The molecule has 0 atom stereocenters. The Morgan fingerprint density at radius 2 is 1.80 bits per heavy atom. The number of sulfonamides is 1. The van der Waals surface area contributed by atoms with Crippen molar-refractivity contribution in [3.8, 4) is 0 Å². The highest BCUT2D eigenvalue weighted by atomic mass is 35.5. The van der Waals surface area contributed by atoms with Gasteiger partial charge in [-0.25, -0.2) is 17.7 Å². The van der Waals surface area contributed by atoms with E-state index >= 15 is 0 Å². The van der Waals surface area contributed by atoms with E-state index in [-0.39, 0.29) is 17.3 Å². The molecule has 0 bridgehead atoms. The molecule has 1 heterocycles. The summed E-state index contributed by atoms with van der Waals surface area (Å²) in [5, 5.41) is 0.515. The number of benzene rings is 2. The number of imidazole rings is 1. The number of hydrogen-bond donors (Lipinski definition) is 1. The zero-order chi connectivity index (χ0) is 17.2. The molecule has 0 fully saturated rings. The molecule has 3 rings (SSSR count). The quantitative estimate of drug-likeness (QED) is 0.683. The van der Waals surface area contributed by atoms with Gasteiger partial charge >= 0.3 is 0 Å². The number of halogens is 2. The van der Waals surface area contributed by atoms with Crippen LogP contribution in [0.25, 0.3) is 11.0 Å². The Morgan fingerprint density at radius 3 is 2.48 bits per heavy atom. The number of nitrogens with one attached hydrogen (secondary N) is 1. The van der Waals surface area contributed by atoms with Crippen LogP contribution in [0.15, 0.2) is 53.4 Å². The number of aromatic amines is 1. The summed E-state index contributed by atoms with van der Waals surface area (Å²) in [5.74, 6) is 0.869. The zero-order valence-corrected chi connectivity index (χ0v) is 16.0. The van der Waals surface area contributed by atoms with Gasteiger partial charge in [0.05, 0.1) is 15.9 Å². The number of rotatable bonds is 6. The maximum absolute atomic E-state index is 12.5. The maximum atomic E-state index is 12.5. The van der Waals surface area contributed by atoms with Crippen molar-refractivity contribution in [1.29, 1.82) is 0 Å². The Kier molecular flexibility index (Phi) is 6.46. The van der Waals surface area contributed by atoms with Crippen molar-refractivity contribution in [3.05, 3.63) is 59.4 Å². The van der Waals surface area contributed by atoms with E-state index in [1.807, 2.05) is 24.3 Å². The van der Waals surface area contributed by atoms with Gasteiger partial charge in [0.15, 0.2) is 0 Å². The first-order chi connectivity index (χ1) is 11.5. The summed E-state index contributed by atoms with van der Waals surface area (Å²) in [6.07, 6.45) is 1.37. The van der Waals surface area contributed by atoms with Crippen molar-refractivity contribution in [1.82, 2.24) is 14.3 Å². The molecule has 0 saturated heterocycles. The summed E-state index contributed by atoms with van der Waals surface area (Å²) in [6, 6.07) is 14.0. The van der Waals surface area contributed by atoms with Gasteiger partial charge in [0.25, 0.3) is 0 Å². The molecule has 0 radical (unpaired) electrons. The first-order valence-corrected chi connectivity index (χ1v) is 9.44. The number of aromatic nitrogens is 2. The molecular formula is C17H19Cl2N3O2S. The smallest absolute Gasteiger partial charge is 0.242 e. The Hall–Kier alpha value is -1.60. The molecule has 0 unspecified atom stereocenters. The Labute approximate surface area is 158 Å². The number of fused-ring (bicyclic) bond motifs is 1. The summed E-state index contributed by atoms with van der Waals surface area (Å²) in [4.78, 5) is 8.00. The second-order valence-electron chi connectivity index (χ2n) is 5.58. The van der Waals surface area contributed by atoms with Crippen LogP contribution >= 0.6 is 24.0 Å². The maximum Gasteiger partial charge on any atom is 0.242 e. The van der Waals surface area contributed by atoms with Crippen LogP contribution in [0.1, 0.15) is 12.2 Å². The van der Waals surface area contributed by atoms with Crippen LogP contribution < -0.4 is 0 Å². The molecule has 0 spiro atoms. The van der Waals surface area contributed by atoms with Crippen molar-refractivity contribution in [2.24, 2.45) is 0 Å². The molecule has 8 heteroatoms. The number of nitrogens with zero attached hydrogens (tertiary/aromatic N) is 2. The van der Waals surface area contributed by atoms with Crippen molar-refractivity contribution in [2.45, 2.75) is 17.7 Å². The molecule has 0 amide bonds. The highest BCUT2D eigenvalue weighted by Crippen LogP contribution is 2.18. The third kappa shape index (κ3) is 4.52. The fourth-order valence-corrected chi connectivity index (χ4v) is 3.84. The first-order valence-electron chi connectivity index (χ1n) is 7.62. The first kappa shape index (κ1) is 19.7. The Balaban J connectivity index is 0.00000225. The van der Waals surface area contributed by atoms with Crippen LogP contribution in [0.2, 0.25) is 5.02 Å². The molecule has 25 heavy (non-hydrogen) atoms. The predicted octanol–water partition coefficient (Wildman–Crippen LogP) is 3.89. The van der Waals surface area contributed by atoms with Gasteiger partial charge in [0.1, 0.15) is 5.82 Å². The minimum atomic E-state index is -3.49. The zero-order valence-electron chi connectivity index (χ0n) is 13.6. The molecule has 1 N–H and O–H groups in total. The van der Waals surface area contributed by atoms with E-state index in [2.05, 4.69) is 9.97 Å². The van der Waals surface area contributed by atoms with Gasteiger partial charge in [-0.05, 0) is 42.8 Å². The normalized spacial score (nSPS) is 11.6. The summed E-state index contributed by atoms with van der Waals surface area (Å²) < 4.78 is 26.3. The lowest BCUT2D eigenvalue weighted by Crippen LogP contribution is -2.28. The molecule has 5 nitrogen and oxygen atoms in total. The average molecular weight is 400 g/mol. The molecule has 0 aliphatic rings. The van der Waals surface area contributed by atoms with Crippen LogP contribution in [0.5, 0.6) is 0 Å². The molecule has 1 aromatic heterocycles. The van der Waals surface area contributed by atoms with Gasteiger partial charge in [0.2, 0.25) is 10.0 Å². The lowest BCUT2D eigenvalue weighted by atomic mass is 10.3. The van der Waals surface area contributed by atoms with Crippen LogP contribution in [0.4, 0.5) is 0 Å². The monoisotopic (exact) mass is 399 g/mol. The van der Waals surface area contributed by atoms with Gasteiger partial charge < -0.3 is 4.98 Å². The van der Waals surface area contributed by atoms with Crippen molar-refractivity contribution in [3.63, 3.8) is 0 Å². The van der Waals surface area contributed by atoms with E-state index in [9.17, 15) is 8.42 Å². The standard InChI is InChI=1S/C17H18ClN3O2S.ClH/c1-21(24(22,23)14-10-8-13(18)9-11-14)12-4-7-17-19-15-5-2-3-6-16(15)20-17;/h2-3,5-6,8-11H,4,7,12H2,1H3,(H,19,20);1H. The minimum absolute atomic E-state index is 0. The molecule has 0 aliphatic heterocycles. The van der Waals surface area contributed by atoms with Crippen molar-refractivity contribution >= 4 is 45.1 Å². The van der Waals surface area contributed by atoms with Crippen LogP contribution in [0.3, 0.4) is 0 Å². The number of para-hydroxylation sites is 2. The number of H-pyrrole nitrogens is 1. The number of aryl methyl sites for hydroxylation is 1. The second kappa shape index (κ2) is 8.19. The van der Waals surface area contributed by atoms with E-state index in [0.717, 1.165) is 16.9 Å². The lowest BCUT2D eigenvalue weighted by molar-refractivity contribution is 0.460. The number of hydrogen-bond acceptors (Lipinski definition) is 3. The van der Waals surface area contributed by atoms with Gasteiger partial charge in [-0.2, -0.15) is 0 Å². The summed E-state index contributed by atoms with van der Waals surface area (Å²) in [7, 11) is -1.90. The van der Waals surface area contributed by atoms with Crippen LogP contribution in [0, 0.1) is 0 Å². The summed E-state index contributed by atoms with van der Waals surface area (Å²) in [6.45, 7) is 0.419. The molecule has 0 saturated carbocycles. The van der Waals surface area contributed by atoms with Gasteiger partial charge in [-0.1, -0.05) is 23.7 Å². The largest absolute Gasteiger partial charge is 0.342 e. The highest BCUT2D eigenvalue weighted by Gasteiger charge is 2.20. The lowest BCUT2D eigenvalue weighted by Gasteiger charge is -2.16. The SMILES string of the molecule is CN(CCCc1nc2ccccc2[nH]1)S(=O)(=O)c1ccc(Cl)cc1.Cl. The van der Waals surface area contributed by atoms with E-state index in [4.69, 9.17) is 11.6 Å². The van der Waals surface area contributed by atoms with Gasteiger partial charge in [-0.3, -0.25) is 0 Å². The predicted molar refractivity (Wildman–Crippen MR) is 103 cm³/mol. The fraction of sp³-hybridized carbons (Fsp3) is 0.235. The third-order valence-electron chi connectivity index (χ3n) is 3.85. The van der Waals surface area contributed by atoms with E-state index in [1.54, 1.807) is 19.2 Å². The Morgan fingerprint density at radius 1 is 1.12 bits per heavy atom. The van der Waals surface area contributed by atoms with Crippen LogP contribution in [-0.2, 0) is 16.4 Å². The fourth-order valence-electron chi connectivity index (χ4n) is 2.50. The van der Waals surface area contributed by atoms with Gasteiger partial charge in [0, 0.05) is 25.0 Å². The summed E-state index contributed by atoms with van der Waals surface area (Å²) >= 11 is 5.81.